The molecule has 0 radical (unpaired) electrons. The number of carbonyl (C=O) groups is 1. The molecule has 0 bridgehead atoms. The summed E-state index contributed by atoms with van der Waals surface area (Å²) in [5.41, 5.74) is -0.00681. The first-order chi connectivity index (χ1) is 7.30. The number of nitrogens with zero attached hydrogens (tertiary/aromatic N) is 1. The van der Waals surface area contributed by atoms with Crippen molar-refractivity contribution in [3.8, 4) is 0 Å². The molecule has 2 saturated heterocycles. The minimum atomic E-state index is -0.00681. The molecule has 3 rings (SSSR count). The second-order valence-corrected chi connectivity index (χ2v) is 5.51. The SMILES string of the molecule is O=C1N(CC2CC2)CC[C@@]12CCCNC2. The van der Waals surface area contributed by atoms with Gasteiger partial charge >= 0.3 is 0 Å². The van der Waals surface area contributed by atoms with Crippen LogP contribution in [-0.2, 0) is 4.79 Å². The van der Waals surface area contributed by atoms with Crippen molar-refractivity contribution in [2.45, 2.75) is 32.1 Å². The zero-order valence-electron chi connectivity index (χ0n) is 9.30. The lowest BCUT2D eigenvalue weighted by Gasteiger charge is -2.32. The summed E-state index contributed by atoms with van der Waals surface area (Å²) in [5, 5.41) is 3.39. The molecule has 3 fully saturated rings. The monoisotopic (exact) mass is 208 g/mol. The standard InChI is InChI=1S/C12H20N2O/c15-11-12(4-1-6-13-9-12)5-7-14(11)8-10-2-3-10/h10,13H,1-9H2/t12-/m1/s1. The molecule has 0 unspecified atom stereocenters. The summed E-state index contributed by atoms with van der Waals surface area (Å²) in [7, 11) is 0. The molecule has 1 spiro atoms. The average Bonchev–Trinajstić information content (AvgIpc) is 3.03. The summed E-state index contributed by atoms with van der Waals surface area (Å²) in [6.45, 7) is 4.07. The first-order valence-corrected chi connectivity index (χ1v) is 6.30. The van der Waals surface area contributed by atoms with Crippen LogP contribution in [0.1, 0.15) is 32.1 Å². The smallest absolute Gasteiger partial charge is 0.230 e. The molecule has 0 aromatic rings. The van der Waals surface area contributed by atoms with Crippen LogP contribution in [0.25, 0.3) is 0 Å². The molecular formula is C12H20N2O. The van der Waals surface area contributed by atoms with Crippen molar-refractivity contribution in [3.63, 3.8) is 0 Å². The zero-order chi connectivity index (χ0) is 10.3. The van der Waals surface area contributed by atoms with Crippen LogP contribution in [0.5, 0.6) is 0 Å². The molecule has 1 N–H and O–H groups in total. The largest absolute Gasteiger partial charge is 0.342 e. The van der Waals surface area contributed by atoms with E-state index in [1.165, 1.54) is 19.3 Å². The van der Waals surface area contributed by atoms with Crippen molar-refractivity contribution in [2.24, 2.45) is 11.3 Å². The number of rotatable bonds is 2. The summed E-state index contributed by atoms with van der Waals surface area (Å²) in [6, 6.07) is 0. The van der Waals surface area contributed by atoms with Crippen molar-refractivity contribution in [2.75, 3.05) is 26.2 Å². The Bertz CT molecular complexity index is 267. The molecule has 0 aromatic heterocycles. The Morgan fingerprint density at radius 2 is 2.27 bits per heavy atom. The van der Waals surface area contributed by atoms with Gasteiger partial charge in [0, 0.05) is 19.6 Å². The zero-order valence-corrected chi connectivity index (χ0v) is 9.30. The van der Waals surface area contributed by atoms with Gasteiger partial charge in [0.15, 0.2) is 0 Å². The first kappa shape index (κ1) is 9.64. The summed E-state index contributed by atoms with van der Waals surface area (Å²) in [4.78, 5) is 14.5. The third kappa shape index (κ3) is 1.67. The van der Waals surface area contributed by atoms with Crippen LogP contribution in [-0.4, -0.2) is 37.0 Å². The van der Waals surface area contributed by atoms with Crippen LogP contribution >= 0.6 is 0 Å². The van der Waals surface area contributed by atoms with Gasteiger partial charge in [-0.15, -0.1) is 0 Å². The highest BCUT2D eigenvalue weighted by Gasteiger charge is 2.47. The Morgan fingerprint density at radius 3 is 2.93 bits per heavy atom. The predicted molar refractivity (Wildman–Crippen MR) is 58.5 cm³/mol. The molecule has 1 atom stereocenters. The normalized spacial score (nSPS) is 36.5. The van der Waals surface area contributed by atoms with Crippen LogP contribution in [0.4, 0.5) is 0 Å². The maximum Gasteiger partial charge on any atom is 0.230 e. The Hall–Kier alpha value is -0.570. The number of piperidine rings is 1. The molecule has 3 nitrogen and oxygen atoms in total. The lowest BCUT2D eigenvalue weighted by molar-refractivity contribution is -0.137. The molecule has 0 aromatic carbocycles. The molecular weight excluding hydrogens is 188 g/mol. The van der Waals surface area contributed by atoms with E-state index in [1.54, 1.807) is 0 Å². The Morgan fingerprint density at radius 1 is 1.40 bits per heavy atom. The minimum absolute atomic E-state index is 0.00681. The number of hydrogen-bond donors (Lipinski definition) is 1. The quantitative estimate of drug-likeness (QED) is 0.734. The van der Waals surface area contributed by atoms with Gasteiger partial charge < -0.3 is 10.2 Å². The molecule has 2 aliphatic heterocycles. The molecule has 84 valence electrons. The number of amides is 1. The van der Waals surface area contributed by atoms with Crippen molar-refractivity contribution >= 4 is 5.91 Å². The summed E-state index contributed by atoms with van der Waals surface area (Å²) in [5.74, 6) is 1.28. The topological polar surface area (TPSA) is 32.3 Å². The van der Waals surface area contributed by atoms with Gasteiger partial charge in [0.05, 0.1) is 5.41 Å². The van der Waals surface area contributed by atoms with Gasteiger partial charge in [0.25, 0.3) is 0 Å². The molecule has 3 heteroatoms. The van der Waals surface area contributed by atoms with E-state index >= 15 is 0 Å². The van der Waals surface area contributed by atoms with E-state index in [-0.39, 0.29) is 5.41 Å². The van der Waals surface area contributed by atoms with Crippen LogP contribution < -0.4 is 5.32 Å². The van der Waals surface area contributed by atoms with Crippen molar-refractivity contribution in [1.29, 1.82) is 0 Å². The minimum Gasteiger partial charge on any atom is -0.342 e. The first-order valence-electron chi connectivity index (χ1n) is 6.30. The fourth-order valence-corrected chi connectivity index (χ4v) is 3.04. The molecule has 1 amide bonds. The molecule has 15 heavy (non-hydrogen) atoms. The molecule has 1 saturated carbocycles. The lowest BCUT2D eigenvalue weighted by atomic mass is 9.79. The number of carbonyl (C=O) groups excluding carboxylic acids is 1. The number of likely N-dealkylation sites (tertiary alicyclic amines) is 1. The van der Waals surface area contributed by atoms with E-state index in [0.29, 0.717) is 5.91 Å². The maximum atomic E-state index is 12.3. The average molecular weight is 208 g/mol. The van der Waals surface area contributed by atoms with E-state index < -0.39 is 0 Å². The van der Waals surface area contributed by atoms with Crippen LogP contribution in [0.15, 0.2) is 0 Å². The molecule has 2 heterocycles. The number of hydrogen-bond acceptors (Lipinski definition) is 2. The van der Waals surface area contributed by atoms with E-state index in [2.05, 4.69) is 10.2 Å². The maximum absolute atomic E-state index is 12.3. The third-order valence-electron chi connectivity index (χ3n) is 4.25. The van der Waals surface area contributed by atoms with E-state index in [0.717, 1.165) is 44.9 Å². The van der Waals surface area contributed by atoms with E-state index in [4.69, 9.17) is 0 Å². The van der Waals surface area contributed by atoms with E-state index in [1.807, 2.05) is 0 Å². The fraction of sp³-hybridized carbons (Fsp3) is 0.917. The third-order valence-corrected chi connectivity index (χ3v) is 4.25. The summed E-state index contributed by atoms with van der Waals surface area (Å²) in [6.07, 6.45) is 6.05. The van der Waals surface area contributed by atoms with E-state index in [9.17, 15) is 4.79 Å². The van der Waals surface area contributed by atoms with Gasteiger partial charge in [0.1, 0.15) is 0 Å². The van der Waals surface area contributed by atoms with Crippen LogP contribution in [0, 0.1) is 11.3 Å². The number of nitrogens with one attached hydrogen (secondary N) is 1. The van der Waals surface area contributed by atoms with Gasteiger partial charge in [-0.1, -0.05) is 0 Å². The van der Waals surface area contributed by atoms with Gasteiger partial charge in [-0.25, -0.2) is 0 Å². The Kier molecular flexibility index (Phi) is 2.23. The van der Waals surface area contributed by atoms with Gasteiger partial charge in [-0.2, -0.15) is 0 Å². The van der Waals surface area contributed by atoms with Crippen molar-refractivity contribution in [3.05, 3.63) is 0 Å². The second kappa shape index (κ2) is 3.48. The Labute approximate surface area is 91.2 Å². The van der Waals surface area contributed by atoms with Gasteiger partial charge in [-0.05, 0) is 44.6 Å². The van der Waals surface area contributed by atoms with Gasteiger partial charge in [0.2, 0.25) is 5.91 Å². The van der Waals surface area contributed by atoms with Gasteiger partial charge in [-0.3, -0.25) is 4.79 Å². The molecule has 3 aliphatic rings. The summed E-state index contributed by atoms with van der Waals surface area (Å²) < 4.78 is 0. The lowest BCUT2D eigenvalue weighted by Crippen LogP contribution is -2.45. The summed E-state index contributed by atoms with van der Waals surface area (Å²) >= 11 is 0. The highest BCUT2D eigenvalue weighted by Crippen LogP contribution is 2.40. The van der Waals surface area contributed by atoms with Crippen LogP contribution in [0.2, 0.25) is 0 Å². The highest BCUT2D eigenvalue weighted by atomic mass is 16.2. The predicted octanol–water partition coefficient (Wildman–Crippen LogP) is 0.998. The van der Waals surface area contributed by atoms with Crippen LogP contribution in [0.3, 0.4) is 0 Å². The Balaban J connectivity index is 1.68. The fourth-order valence-electron chi connectivity index (χ4n) is 3.04. The highest BCUT2D eigenvalue weighted by molar-refractivity contribution is 5.85. The van der Waals surface area contributed by atoms with Crippen molar-refractivity contribution in [1.82, 2.24) is 10.2 Å². The molecule has 1 aliphatic carbocycles. The van der Waals surface area contributed by atoms with Crippen molar-refractivity contribution < 1.29 is 4.79 Å². The second-order valence-electron chi connectivity index (χ2n) is 5.51.